The summed E-state index contributed by atoms with van der Waals surface area (Å²) in [5.41, 5.74) is 2.26. The minimum absolute atomic E-state index is 0.174. The summed E-state index contributed by atoms with van der Waals surface area (Å²) >= 11 is 0. The van der Waals surface area contributed by atoms with Crippen molar-refractivity contribution in [3.05, 3.63) is 35.4 Å². The molecule has 0 heterocycles. The van der Waals surface area contributed by atoms with Gasteiger partial charge in [-0.1, -0.05) is 45.0 Å². The van der Waals surface area contributed by atoms with Crippen LogP contribution in [0.5, 0.6) is 0 Å². The fourth-order valence-corrected chi connectivity index (χ4v) is 3.03. The molecule has 5 heteroatoms. The molecule has 0 saturated carbocycles. The first-order valence-corrected chi connectivity index (χ1v) is 9.36. The molecule has 0 amide bonds. The van der Waals surface area contributed by atoms with Crippen LogP contribution in [0.4, 0.5) is 0 Å². The molecule has 1 rings (SSSR count). The molecule has 0 bridgehead atoms. The Morgan fingerprint density at radius 3 is 2.33 bits per heavy atom. The van der Waals surface area contributed by atoms with Crippen LogP contribution in [0.3, 0.4) is 0 Å². The topological polar surface area (TPSA) is 58.2 Å². The van der Waals surface area contributed by atoms with Crippen LogP contribution in [-0.2, 0) is 16.6 Å². The number of benzene rings is 1. The Morgan fingerprint density at radius 2 is 1.76 bits per heavy atom. The van der Waals surface area contributed by atoms with E-state index < -0.39 is 10.0 Å². The Balaban J connectivity index is 2.35. The number of sulfonamides is 1. The van der Waals surface area contributed by atoms with Crippen molar-refractivity contribution in [2.45, 2.75) is 46.1 Å². The average Bonchev–Trinajstić information content (AvgIpc) is 2.45. The lowest BCUT2D eigenvalue weighted by molar-refractivity contribution is 0.574. The van der Waals surface area contributed by atoms with Gasteiger partial charge in [-0.05, 0) is 43.0 Å². The molecular weight excluding hydrogens is 284 g/mol. The van der Waals surface area contributed by atoms with Gasteiger partial charge in [-0.15, -0.1) is 0 Å². The van der Waals surface area contributed by atoms with Crippen LogP contribution in [0.15, 0.2) is 24.3 Å². The highest BCUT2D eigenvalue weighted by atomic mass is 32.2. The van der Waals surface area contributed by atoms with Crippen molar-refractivity contribution in [3.8, 4) is 0 Å². The SMILES string of the molecule is CCCNCCCS(=O)(=O)NCc1ccc(C(C)C)cc1. The Hall–Kier alpha value is -0.910. The molecular formula is C16H28N2O2S. The number of rotatable bonds is 10. The summed E-state index contributed by atoms with van der Waals surface area (Å²) in [6.45, 7) is 8.43. The standard InChI is InChI=1S/C16H28N2O2S/c1-4-10-17-11-5-12-21(19,20)18-13-15-6-8-16(9-7-15)14(2)3/h6-9,14,17-18H,4-5,10-13H2,1-3H3. The molecule has 0 aliphatic carbocycles. The van der Waals surface area contributed by atoms with E-state index in [0.29, 0.717) is 18.9 Å². The van der Waals surface area contributed by atoms with E-state index in [4.69, 9.17) is 0 Å². The Morgan fingerprint density at radius 1 is 1.10 bits per heavy atom. The summed E-state index contributed by atoms with van der Waals surface area (Å²) in [6, 6.07) is 8.09. The third kappa shape index (κ3) is 7.60. The van der Waals surface area contributed by atoms with E-state index in [1.807, 2.05) is 12.1 Å². The van der Waals surface area contributed by atoms with Gasteiger partial charge in [0.2, 0.25) is 10.0 Å². The van der Waals surface area contributed by atoms with Gasteiger partial charge >= 0.3 is 0 Å². The molecule has 0 aromatic heterocycles. The largest absolute Gasteiger partial charge is 0.317 e. The highest BCUT2D eigenvalue weighted by Crippen LogP contribution is 2.14. The van der Waals surface area contributed by atoms with Crippen LogP contribution in [0.25, 0.3) is 0 Å². The number of hydrogen-bond donors (Lipinski definition) is 2. The Kier molecular flexibility index (Phi) is 7.93. The van der Waals surface area contributed by atoms with Crippen LogP contribution >= 0.6 is 0 Å². The lowest BCUT2D eigenvalue weighted by Gasteiger charge is -2.09. The van der Waals surface area contributed by atoms with Gasteiger partial charge in [0.1, 0.15) is 0 Å². The maximum absolute atomic E-state index is 11.9. The quantitative estimate of drug-likeness (QED) is 0.653. The Bertz CT molecular complexity index is 496. The maximum atomic E-state index is 11.9. The molecule has 0 spiro atoms. The molecule has 1 aromatic carbocycles. The molecule has 120 valence electrons. The smallest absolute Gasteiger partial charge is 0.211 e. The van der Waals surface area contributed by atoms with E-state index in [2.05, 4.69) is 42.9 Å². The first-order valence-electron chi connectivity index (χ1n) is 7.71. The van der Waals surface area contributed by atoms with Crippen molar-refractivity contribution >= 4 is 10.0 Å². The first-order chi connectivity index (χ1) is 9.94. The fourth-order valence-electron chi connectivity index (χ4n) is 1.97. The van der Waals surface area contributed by atoms with Crippen molar-refractivity contribution < 1.29 is 8.42 Å². The van der Waals surface area contributed by atoms with Crippen molar-refractivity contribution in [2.24, 2.45) is 0 Å². The summed E-state index contributed by atoms with van der Waals surface area (Å²) in [4.78, 5) is 0. The second-order valence-electron chi connectivity index (χ2n) is 5.64. The third-order valence-corrected chi connectivity index (χ3v) is 4.75. The molecule has 0 unspecified atom stereocenters. The van der Waals surface area contributed by atoms with Crippen LogP contribution in [0.1, 0.15) is 50.7 Å². The summed E-state index contributed by atoms with van der Waals surface area (Å²) in [7, 11) is -3.18. The number of nitrogens with one attached hydrogen (secondary N) is 2. The fraction of sp³-hybridized carbons (Fsp3) is 0.625. The van der Waals surface area contributed by atoms with E-state index in [1.165, 1.54) is 5.56 Å². The highest BCUT2D eigenvalue weighted by molar-refractivity contribution is 7.89. The minimum Gasteiger partial charge on any atom is -0.317 e. The maximum Gasteiger partial charge on any atom is 0.211 e. The zero-order chi connectivity index (χ0) is 15.7. The number of hydrogen-bond acceptors (Lipinski definition) is 3. The molecule has 0 saturated heterocycles. The van der Waals surface area contributed by atoms with Gasteiger partial charge in [0.25, 0.3) is 0 Å². The van der Waals surface area contributed by atoms with E-state index in [1.54, 1.807) is 0 Å². The van der Waals surface area contributed by atoms with Crippen LogP contribution in [0.2, 0.25) is 0 Å². The minimum atomic E-state index is -3.18. The zero-order valence-electron chi connectivity index (χ0n) is 13.4. The van der Waals surface area contributed by atoms with E-state index in [9.17, 15) is 8.42 Å². The van der Waals surface area contributed by atoms with E-state index >= 15 is 0 Å². The van der Waals surface area contributed by atoms with Gasteiger partial charge in [0, 0.05) is 6.54 Å². The molecule has 0 aliphatic heterocycles. The Labute approximate surface area is 129 Å². The van der Waals surface area contributed by atoms with Crippen LogP contribution in [-0.4, -0.2) is 27.3 Å². The van der Waals surface area contributed by atoms with Gasteiger partial charge < -0.3 is 5.32 Å². The van der Waals surface area contributed by atoms with Crippen molar-refractivity contribution in [1.29, 1.82) is 0 Å². The summed E-state index contributed by atoms with van der Waals surface area (Å²) in [5, 5.41) is 3.21. The predicted molar refractivity (Wildman–Crippen MR) is 88.9 cm³/mol. The molecule has 2 N–H and O–H groups in total. The lowest BCUT2D eigenvalue weighted by atomic mass is 10.0. The lowest BCUT2D eigenvalue weighted by Crippen LogP contribution is -2.28. The van der Waals surface area contributed by atoms with Gasteiger partial charge in [0.05, 0.1) is 5.75 Å². The van der Waals surface area contributed by atoms with Crippen molar-refractivity contribution in [1.82, 2.24) is 10.0 Å². The molecule has 4 nitrogen and oxygen atoms in total. The summed E-state index contributed by atoms with van der Waals surface area (Å²) < 4.78 is 26.4. The molecule has 0 radical (unpaired) electrons. The predicted octanol–water partition coefficient (Wildman–Crippen LogP) is 2.62. The van der Waals surface area contributed by atoms with Crippen molar-refractivity contribution in [2.75, 3.05) is 18.8 Å². The molecule has 0 aliphatic rings. The monoisotopic (exact) mass is 312 g/mol. The highest BCUT2D eigenvalue weighted by Gasteiger charge is 2.09. The van der Waals surface area contributed by atoms with E-state index in [0.717, 1.165) is 25.1 Å². The van der Waals surface area contributed by atoms with Gasteiger partial charge in [0.15, 0.2) is 0 Å². The van der Waals surface area contributed by atoms with Gasteiger partial charge in [-0.25, -0.2) is 13.1 Å². The second kappa shape index (κ2) is 9.18. The second-order valence-corrected chi connectivity index (χ2v) is 7.57. The van der Waals surface area contributed by atoms with Crippen LogP contribution in [0, 0.1) is 0 Å². The van der Waals surface area contributed by atoms with Crippen LogP contribution < -0.4 is 10.0 Å². The zero-order valence-corrected chi connectivity index (χ0v) is 14.2. The average molecular weight is 312 g/mol. The van der Waals surface area contributed by atoms with Crippen molar-refractivity contribution in [3.63, 3.8) is 0 Å². The van der Waals surface area contributed by atoms with Gasteiger partial charge in [-0.2, -0.15) is 0 Å². The van der Waals surface area contributed by atoms with Gasteiger partial charge in [-0.3, -0.25) is 0 Å². The first kappa shape index (κ1) is 18.1. The normalized spacial score (nSPS) is 12.0. The summed E-state index contributed by atoms with van der Waals surface area (Å²) in [6.07, 6.45) is 1.71. The van der Waals surface area contributed by atoms with E-state index in [-0.39, 0.29) is 5.75 Å². The molecule has 21 heavy (non-hydrogen) atoms. The summed E-state index contributed by atoms with van der Waals surface area (Å²) in [5.74, 6) is 0.666. The molecule has 0 fully saturated rings. The third-order valence-electron chi connectivity index (χ3n) is 3.34. The molecule has 0 atom stereocenters. The molecule has 1 aromatic rings.